The van der Waals surface area contributed by atoms with Gasteiger partial charge in [0.2, 0.25) is 0 Å². The van der Waals surface area contributed by atoms with Crippen molar-refractivity contribution >= 4 is 0 Å². The Kier molecular flexibility index (Phi) is 3.19. The van der Waals surface area contributed by atoms with Crippen LogP contribution in [0, 0.1) is 29.1 Å². The van der Waals surface area contributed by atoms with Crippen molar-refractivity contribution in [3.63, 3.8) is 0 Å². The lowest BCUT2D eigenvalue weighted by Gasteiger charge is -2.24. The highest BCUT2D eigenvalue weighted by molar-refractivity contribution is 5.34. The van der Waals surface area contributed by atoms with E-state index in [1.807, 2.05) is 0 Å². The summed E-state index contributed by atoms with van der Waals surface area (Å²) >= 11 is 0. The van der Waals surface area contributed by atoms with Crippen LogP contribution in [0.5, 0.6) is 0 Å². The number of ether oxygens (including phenoxy) is 4. The molecule has 0 unspecified atom stereocenters. The minimum absolute atomic E-state index is 0. The second kappa shape index (κ2) is 4.85. The van der Waals surface area contributed by atoms with Crippen LogP contribution in [0.15, 0.2) is 12.2 Å². The quantitative estimate of drug-likeness (QED) is 0.635. The molecular formula is C20H30O4. The molecule has 4 heteroatoms. The van der Waals surface area contributed by atoms with Crippen molar-refractivity contribution < 1.29 is 18.9 Å². The van der Waals surface area contributed by atoms with Crippen LogP contribution in [0.3, 0.4) is 0 Å². The first-order valence-electron chi connectivity index (χ1n) is 9.45. The van der Waals surface area contributed by atoms with Crippen molar-refractivity contribution in [2.75, 3.05) is 26.4 Å². The van der Waals surface area contributed by atoms with E-state index in [9.17, 15) is 0 Å². The maximum Gasteiger partial charge on any atom is 0.175 e. The van der Waals surface area contributed by atoms with Crippen LogP contribution in [0.2, 0.25) is 0 Å². The molecule has 3 spiro atoms. The van der Waals surface area contributed by atoms with Crippen molar-refractivity contribution in [3.8, 4) is 0 Å². The highest BCUT2D eigenvalue weighted by Gasteiger charge is 2.81. The summed E-state index contributed by atoms with van der Waals surface area (Å²) in [6, 6.07) is 0. The molecular weight excluding hydrogens is 304 g/mol. The van der Waals surface area contributed by atoms with E-state index >= 15 is 0 Å². The summed E-state index contributed by atoms with van der Waals surface area (Å²) < 4.78 is 22.9. The van der Waals surface area contributed by atoms with E-state index in [2.05, 4.69) is 6.58 Å². The predicted molar refractivity (Wildman–Crippen MR) is 89.2 cm³/mol. The normalized spacial score (nSPS) is 45.6. The molecule has 4 nitrogen and oxygen atoms in total. The fourth-order valence-corrected chi connectivity index (χ4v) is 6.53. The number of fused-ring (bicyclic) bond motifs is 6. The van der Waals surface area contributed by atoms with Gasteiger partial charge >= 0.3 is 0 Å². The molecule has 4 atom stereocenters. The van der Waals surface area contributed by atoms with Crippen molar-refractivity contribution in [1.82, 2.24) is 0 Å². The average Bonchev–Trinajstić information content (AvgIpc) is 3.37. The molecule has 0 aromatic heterocycles. The van der Waals surface area contributed by atoms with E-state index in [4.69, 9.17) is 18.9 Å². The Morgan fingerprint density at radius 3 is 1.88 bits per heavy atom. The lowest BCUT2D eigenvalue weighted by Crippen LogP contribution is -2.31. The van der Waals surface area contributed by atoms with Crippen LogP contribution < -0.4 is 0 Å². The monoisotopic (exact) mass is 334 g/mol. The van der Waals surface area contributed by atoms with Crippen LogP contribution >= 0.6 is 0 Å². The highest BCUT2D eigenvalue weighted by atomic mass is 16.7. The van der Waals surface area contributed by atoms with E-state index in [1.165, 1.54) is 37.7 Å². The fraction of sp³-hybridized carbons (Fsp3) is 0.900. The Bertz CT molecular complexity index is 543. The van der Waals surface area contributed by atoms with E-state index in [-0.39, 0.29) is 19.0 Å². The molecule has 0 N–H and O–H groups in total. The summed E-state index contributed by atoms with van der Waals surface area (Å²) in [5.74, 6) is 2.77. The lowest BCUT2D eigenvalue weighted by molar-refractivity contribution is -0.172. The van der Waals surface area contributed by atoms with Gasteiger partial charge in [-0.25, -0.2) is 0 Å². The van der Waals surface area contributed by atoms with Crippen molar-refractivity contribution in [1.29, 1.82) is 0 Å². The molecule has 7 fully saturated rings. The second-order valence-corrected chi connectivity index (χ2v) is 8.57. The minimum atomic E-state index is -0.207. The molecule has 2 saturated heterocycles. The molecule has 5 aliphatic carbocycles. The molecule has 5 saturated carbocycles. The minimum Gasteiger partial charge on any atom is -0.347 e. The van der Waals surface area contributed by atoms with Gasteiger partial charge in [-0.2, -0.15) is 0 Å². The van der Waals surface area contributed by atoms with E-state index in [1.54, 1.807) is 0 Å². The van der Waals surface area contributed by atoms with Crippen molar-refractivity contribution in [2.24, 2.45) is 29.1 Å². The zero-order chi connectivity index (χ0) is 15.3. The average molecular weight is 334 g/mol. The van der Waals surface area contributed by atoms with Crippen LogP contribution in [0.4, 0.5) is 0 Å². The van der Waals surface area contributed by atoms with Crippen LogP contribution in [-0.4, -0.2) is 38.0 Å². The first-order valence-corrected chi connectivity index (χ1v) is 9.45. The van der Waals surface area contributed by atoms with Gasteiger partial charge < -0.3 is 18.9 Å². The number of rotatable bonds is 0. The zero-order valence-electron chi connectivity index (χ0n) is 13.7. The number of hydrogen-bond acceptors (Lipinski definition) is 4. The van der Waals surface area contributed by atoms with Gasteiger partial charge in [0.15, 0.2) is 11.6 Å². The molecule has 24 heavy (non-hydrogen) atoms. The molecule has 7 rings (SSSR count). The van der Waals surface area contributed by atoms with Gasteiger partial charge in [-0.3, -0.25) is 0 Å². The summed E-state index contributed by atoms with van der Waals surface area (Å²) in [5.41, 5.74) is 2.10. The predicted octanol–water partition coefficient (Wildman–Crippen LogP) is 3.51. The second-order valence-electron chi connectivity index (χ2n) is 8.57. The Morgan fingerprint density at radius 2 is 1.38 bits per heavy atom. The van der Waals surface area contributed by atoms with E-state index < -0.39 is 0 Å². The highest BCUT2D eigenvalue weighted by Crippen LogP contribution is 2.83. The lowest BCUT2D eigenvalue weighted by atomic mass is 10.1. The largest absolute Gasteiger partial charge is 0.347 e. The Labute approximate surface area is 144 Å². The summed E-state index contributed by atoms with van der Waals surface area (Å²) in [5, 5.41) is 0. The van der Waals surface area contributed by atoms with E-state index in [0.717, 1.165) is 56.0 Å². The van der Waals surface area contributed by atoms with Crippen LogP contribution in [0.25, 0.3) is 0 Å². The number of hydrogen-bond donors (Lipinski definition) is 0. The third-order valence-electron chi connectivity index (χ3n) is 7.75. The van der Waals surface area contributed by atoms with Gasteiger partial charge in [-0.05, 0) is 42.9 Å². The molecule has 0 radical (unpaired) electrons. The van der Waals surface area contributed by atoms with Crippen molar-refractivity contribution in [2.45, 2.75) is 57.5 Å². The Hall–Kier alpha value is -0.420. The van der Waals surface area contributed by atoms with Gasteiger partial charge in [-0.15, -0.1) is 0 Å². The van der Waals surface area contributed by atoms with Gasteiger partial charge in [0.05, 0.1) is 26.4 Å². The summed E-state index contributed by atoms with van der Waals surface area (Å²) in [7, 11) is 0. The van der Waals surface area contributed by atoms with Gasteiger partial charge in [0.1, 0.15) is 0 Å². The van der Waals surface area contributed by atoms with Crippen LogP contribution in [0.1, 0.15) is 46.0 Å². The zero-order valence-corrected chi connectivity index (χ0v) is 13.7. The smallest absolute Gasteiger partial charge is 0.175 e. The first-order chi connectivity index (χ1) is 11.2. The third kappa shape index (κ3) is 1.83. The molecule has 0 amide bonds. The molecule has 134 valence electrons. The molecule has 0 bridgehead atoms. The SMILES string of the molecule is C.C1COC2(CC[C@H]3[C@@H]2C32CC2)O1.C=C1[C@H]2CCC3(OCCO3)[C@@H]12. The standard InChI is InChI=1S/C10H14O2.C9H12O2.CH4/c1-2-10(11-5-6-12-10)8-7(1)9(8)3-4-9;1-6-7-2-3-9(8(6)7)10-4-5-11-9;/h7-8H,1-6H2;7-8H,1-5H2;1H4/t2*7-,8+;/m01./s1. The van der Waals surface area contributed by atoms with E-state index in [0.29, 0.717) is 5.92 Å². The summed E-state index contributed by atoms with van der Waals surface area (Å²) in [6.45, 7) is 7.22. The van der Waals surface area contributed by atoms with Gasteiger partial charge in [-0.1, -0.05) is 19.6 Å². The Morgan fingerprint density at radius 1 is 0.792 bits per heavy atom. The maximum atomic E-state index is 5.81. The third-order valence-corrected chi connectivity index (χ3v) is 7.75. The Balaban J connectivity index is 0.000000105. The molecule has 7 aliphatic rings. The first kappa shape index (κ1) is 15.8. The summed E-state index contributed by atoms with van der Waals surface area (Å²) in [6.07, 6.45) is 7.76. The van der Waals surface area contributed by atoms with Gasteiger partial charge in [0, 0.05) is 24.7 Å². The molecule has 0 aromatic carbocycles. The molecule has 2 heterocycles. The molecule has 0 aromatic rings. The maximum absolute atomic E-state index is 5.81. The molecule has 2 aliphatic heterocycles. The van der Waals surface area contributed by atoms with Gasteiger partial charge in [0.25, 0.3) is 0 Å². The summed E-state index contributed by atoms with van der Waals surface area (Å²) in [4.78, 5) is 0. The van der Waals surface area contributed by atoms with Crippen LogP contribution in [-0.2, 0) is 18.9 Å². The van der Waals surface area contributed by atoms with Crippen molar-refractivity contribution in [3.05, 3.63) is 12.2 Å². The topological polar surface area (TPSA) is 36.9 Å². The fourth-order valence-electron chi connectivity index (χ4n) is 6.53.